The molecule has 1 aromatic heterocycles. The summed E-state index contributed by atoms with van der Waals surface area (Å²) in [4.78, 5) is 8.86. The second-order valence-corrected chi connectivity index (χ2v) is 4.01. The predicted octanol–water partition coefficient (Wildman–Crippen LogP) is 1.45. The van der Waals surface area contributed by atoms with Crippen molar-refractivity contribution >= 4 is 11.8 Å². The van der Waals surface area contributed by atoms with Crippen LogP contribution in [0.4, 0.5) is 0 Å². The molecule has 0 spiro atoms. The first-order chi connectivity index (χ1) is 6.15. The molecule has 0 aliphatic rings. The van der Waals surface area contributed by atoms with Crippen molar-refractivity contribution in [1.29, 1.82) is 0 Å². The quantitative estimate of drug-likeness (QED) is 0.745. The molecule has 0 bridgehead atoms. The minimum absolute atomic E-state index is 0.679. The predicted molar refractivity (Wildman–Crippen MR) is 56.0 cm³/mol. The van der Waals surface area contributed by atoms with Crippen LogP contribution in [0.15, 0.2) is 5.03 Å². The zero-order valence-electron chi connectivity index (χ0n) is 8.29. The van der Waals surface area contributed by atoms with Crippen LogP contribution < -0.4 is 5.73 Å². The van der Waals surface area contributed by atoms with Crippen LogP contribution in [0.25, 0.3) is 0 Å². The highest BCUT2D eigenvalue weighted by Gasteiger charge is 2.04. The van der Waals surface area contributed by atoms with Crippen LogP contribution in [0.3, 0.4) is 0 Å². The molecule has 1 aromatic rings. The van der Waals surface area contributed by atoms with Crippen molar-refractivity contribution in [3.63, 3.8) is 0 Å². The second kappa shape index (κ2) is 4.58. The van der Waals surface area contributed by atoms with Gasteiger partial charge in [0, 0.05) is 12.3 Å². The van der Waals surface area contributed by atoms with Crippen molar-refractivity contribution in [3.05, 3.63) is 17.1 Å². The summed E-state index contributed by atoms with van der Waals surface area (Å²) in [5, 5.41) is 1.01. The molecular weight excluding hydrogens is 182 g/mol. The number of nitrogens with two attached hydrogens (primary N) is 1. The lowest BCUT2D eigenvalue weighted by Gasteiger charge is -2.06. The monoisotopic (exact) mass is 197 g/mol. The van der Waals surface area contributed by atoms with E-state index in [1.807, 2.05) is 20.8 Å². The maximum Gasteiger partial charge on any atom is 0.118 e. The van der Waals surface area contributed by atoms with Gasteiger partial charge in [0.2, 0.25) is 0 Å². The van der Waals surface area contributed by atoms with Gasteiger partial charge in [0.25, 0.3) is 0 Å². The second-order valence-electron chi connectivity index (χ2n) is 2.92. The Bertz CT molecular complexity index is 299. The highest BCUT2D eigenvalue weighted by molar-refractivity contribution is 7.99. The third-order valence-corrected chi connectivity index (χ3v) is 2.89. The molecule has 0 saturated carbocycles. The van der Waals surface area contributed by atoms with Gasteiger partial charge in [0.05, 0.1) is 17.1 Å². The first-order valence-corrected chi connectivity index (χ1v) is 5.28. The van der Waals surface area contributed by atoms with Crippen LogP contribution in [0.5, 0.6) is 0 Å². The van der Waals surface area contributed by atoms with E-state index >= 15 is 0 Å². The van der Waals surface area contributed by atoms with Crippen molar-refractivity contribution < 1.29 is 0 Å². The maximum atomic E-state index is 5.43. The highest BCUT2D eigenvalue weighted by atomic mass is 32.2. The number of rotatable bonds is 3. The summed E-state index contributed by atoms with van der Waals surface area (Å²) in [5.74, 6) is 0.901. The van der Waals surface area contributed by atoms with Crippen LogP contribution in [0, 0.1) is 20.8 Å². The number of hydrogen-bond acceptors (Lipinski definition) is 4. The number of nitrogens with zero attached hydrogens (tertiary/aromatic N) is 2. The van der Waals surface area contributed by atoms with Crippen LogP contribution in [0.2, 0.25) is 0 Å². The van der Waals surface area contributed by atoms with E-state index in [2.05, 4.69) is 9.97 Å². The van der Waals surface area contributed by atoms with Gasteiger partial charge in [0.15, 0.2) is 0 Å². The van der Waals surface area contributed by atoms with Gasteiger partial charge in [0.1, 0.15) is 5.03 Å². The average molecular weight is 197 g/mol. The van der Waals surface area contributed by atoms with Gasteiger partial charge in [-0.1, -0.05) is 0 Å². The lowest BCUT2D eigenvalue weighted by atomic mass is 10.3. The summed E-state index contributed by atoms with van der Waals surface area (Å²) in [6.45, 7) is 6.62. The summed E-state index contributed by atoms with van der Waals surface area (Å²) < 4.78 is 0. The molecule has 0 aromatic carbocycles. The van der Waals surface area contributed by atoms with Gasteiger partial charge in [-0.25, -0.2) is 4.98 Å². The number of aryl methyl sites for hydroxylation is 3. The Morgan fingerprint density at radius 1 is 1.08 bits per heavy atom. The minimum atomic E-state index is 0.679. The fourth-order valence-electron chi connectivity index (χ4n) is 0.987. The van der Waals surface area contributed by atoms with Gasteiger partial charge >= 0.3 is 0 Å². The van der Waals surface area contributed by atoms with Crippen molar-refractivity contribution in [2.24, 2.45) is 5.73 Å². The molecule has 0 atom stereocenters. The zero-order chi connectivity index (χ0) is 9.84. The molecule has 0 fully saturated rings. The minimum Gasteiger partial charge on any atom is -0.330 e. The number of aromatic nitrogens is 2. The van der Waals surface area contributed by atoms with E-state index in [-0.39, 0.29) is 0 Å². The molecule has 0 aliphatic carbocycles. The average Bonchev–Trinajstić information content (AvgIpc) is 2.09. The standard InChI is InChI=1S/C9H15N3S/c1-6-7(2)12-9(8(3)11-6)13-5-4-10/h4-5,10H2,1-3H3. The smallest absolute Gasteiger partial charge is 0.118 e. The van der Waals surface area contributed by atoms with Crippen molar-refractivity contribution in [2.75, 3.05) is 12.3 Å². The van der Waals surface area contributed by atoms with Gasteiger partial charge in [-0.3, -0.25) is 4.98 Å². The number of hydrogen-bond donors (Lipinski definition) is 1. The Hall–Kier alpha value is -0.610. The van der Waals surface area contributed by atoms with E-state index in [0.29, 0.717) is 6.54 Å². The molecule has 3 nitrogen and oxygen atoms in total. The van der Waals surface area contributed by atoms with Gasteiger partial charge in [-0.2, -0.15) is 0 Å². The van der Waals surface area contributed by atoms with Crippen molar-refractivity contribution in [2.45, 2.75) is 25.8 Å². The van der Waals surface area contributed by atoms with Crippen molar-refractivity contribution in [1.82, 2.24) is 9.97 Å². The fourth-order valence-corrected chi connectivity index (χ4v) is 1.75. The molecule has 0 radical (unpaired) electrons. The van der Waals surface area contributed by atoms with E-state index < -0.39 is 0 Å². The molecule has 0 amide bonds. The zero-order valence-corrected chi connectivity index (χ0v) is 9.11. The Labute approximate surface area is 83.2 Å². The van der Waals surface area contributed by atoms with Crippen LogP contribution in [-0.4, -0.2) is 22.3 Å². The Morgan fingerprint density at radius 2 is 1.69 bits per heavy atom. The molecule has 0 aliphatic heterocycles. The largest absolute Gasteiger partial charge is 0.330 e. The summed E-state index contributed by atoms with van der Waals surface area (Å²) in [7, 11) is 0. The summed E-state index contributed by atoms with van der Waals surface area (Å²) >= 11 is 1.67. The Kier molecular flexibility index (Phi) is 3.69. The van der Waals surface area contributed by atoms with Crippen molar-refractivity contribution in [3.8, 4) is 0 Å². The topological polar surface area (TPSA) is 51.8 Å². The number of thioether (sulfide) groups is 1. The van der Waals surface area contributed by atoms with E-state index in [1.54, 1.807) is 11.8 Å². The first kappa shape index (κ1) is 10.5. The Balaban J connectivity index is 2.88. The lowest BCUT2D eigenvalue weighted by Crippen LogP contribution is -2.03. The molecule has 1 rings (SSSR count). The fraction of sp³-hybridized carbons (Fsp3) is 0.556. The highest BCUT2D eigenvalue weighted by Crippen LogP contribution is 2.18. The molecule has 0 unspecified atom stereocenters. The summed E-state index contributed by atoms with van der Waals surface area (Å²) in [6.07, 6.45) is 0. The summed E-state index contributed by atoms with van der Waals surface area (Å²) in [5.41, 5.74) is 8.44. The lowest BCUT2D eigenvalue weighted by molar-refractivity contribution is 0.909. The van der Waals surface area contributed by atoms with E-state index in [4.69, 9.17) is 5.73 Å². The third-order valence-electron chi connectivity index (χ3n) is 1.79. The molecule has 0 saturated heterocycles. The Morgan fingerprint density at radius 3 is 2.31 bits per heavy atom. The van der Waals surface area contributed by atoms with E-state index in [0.717, 1.165) is 27.9 Å². The molecule has 72 valence electrons. The van der Waals surface area contributed by atoms with Crippen LogP contribution in [-0.2, 0) is 0 Å². The van der Waals surface area contributed by atoms with Gasteiger partial charge < -0.3 is 5.73 Å². The van der Waals surface area contributed by atoms with Crippen LogP contribution >= 0.6 is 11.8 Å². The van der Waals surface area contributed by atoms with E-state index in [1.165, 1.54) is 0 Å². The van der Waals surface area contributed by atoms with Gasteiger partial charge in [-0.15, -0.1) is 11.8 Å². The summed E-state index contributed by atoms with van der Waals surface area (Å²) in [6, 6.07) is 0. The van der Waals surface area contributed by atoms with Crippen LogP contribution in [0.1, 0.15) is 17.1 Å². The maximum absolute atomic E-state index is 5.43. The normalized spacial score (nSPS) is 10.5. The molecule has 4 heteroatoms. The first-order valence-electron chi connectivity index (χ1n) is 4.30. The van der Waals surface area contributed by atoms with E-state index in [9.17, 15) is 0 Å². The molecule has 1 heterocycles. The molecular formula is C9H15N3S. The third kappa shape index (κ3) is 2.67. The van der Waals surface area contributed by atoms with Gasteiger partial charge in [-0.05, 0) is 20.8 Å². The molecule has 2 N–H and O–H groups in total. The molecule has 13 heavy (non-hydrogen) atoms. The SMILES string of the molecule is Cc1nc(C)c(SCCN)nc1C.